The van der Waals surface area contributed by atoms with E-state index in [4.69, 9.17) is 0 Å². The van der Waals surface area contributed by atoms with E-state index < -0.39 is 0 Å². The molecule has 4 nitrogen and oxygen atoms in total. The molecule has 0 aliphatic carbocycles. The maximum atomic E-state index is 10.8. The molecule has 15 heavy (non-hydrogen) atoms. The number of nitro benzene ring substituents is 1. The number of hydrogen-bond acceptors (Lipinski definition) is 2. The quantitative estimate of drug-likeness (QED) is 0.619. The number of aromatic nitrogens is 1. The number of nitrogens with zero attached hydrogens (tertiary/aromatic N) is 2. The van der Waals surface area contributed by atoms with Gasteiger partial charge in [0.05, 0.1) is 4.92 Å². The second-order valence-electron chi connectivity index (χ2n) is 2.98. The van der Waals surface area contributed by atoms with E-state index in [1.54, 1.807) is 29.1 Å². The normalized spacial score (nSPS) is 10.2. The van der Waals surface area contributed by atoms with Crippen LogP contribution in [0.1, 0.15) is 0 Å². The van der Waals surface area contributed by atoms with Gasteiger partial charge in [-0.15, -0.1) is 0 Å². The van der Waals surface area contributed by atoms with E-state index in [1.807, 2.05) is 12.1 Å². The van der Waals surface area contributed by atoms with E-state index in [2.05, 4.69) is 15.9 Å². The summed E-state index contributed by atoms with van der Waals surface area (Å²) in [6, 6.07) is 8.64. The monoisotopic (exact) mass is 266 g/mol. The molecule has 1 heterocycles. The Balaban J connectivity index is 2.61. The maximum absolute atomic E-state index is 10.8. The third-order valence-corrected chi connectivity index (χ3v) is 2.51. The van der Waals surface area contributed by atoms with Crippen molar-refractivity contribution in [1.82, 2.24) is 4.57 Å². The van der Waals surface area contributed by atoms with E-state index in [0.29, 0.717) is 10.2 Å². The molecule has 0 bridgehead atoms. The molecule has 76 valence electrons. The first-order valence-electron chi connectivity index (χ1n) is 4.26. The van der Waals surface area contributed by atoms with Crippen LogP contribution in [-0.4, -0.2) is 9.49 Å². The van der Waals surface area contributed by atoms with Gasteiger partial charge in [0.2, 0.25) is 0 Å². The van der Waals surface area contributed by atoms with Gasteiger partial charge in [0.15, 0.2) is 0 Å². The second-order valence-corrected chi connectivity index (χ2v) is 3.90. The Bertz CT molecular complexity index is 494. The molecule has 2 rings (SSSR count). The highest BCUT2D eigenvalue weighted by molar-refractivity contribution is 9.10. The van der Waals surface area contributed by atoms with Crippen molar-refractivity contribution in [2.24, 2.45) is 0 Å². The SMILES string of the molecule is O=[N+]([O-])c1cc(Br)ccc1-n1cccc1. The van der Waals surface area contributed by atoms with Crippen molar-refractivity contribution < 1.29 is 4.92 Å². The summed E-state index contributed by atoms with van der Waals surface area (Å²) in [6.07, 6.45) is 3.55. The van der Waals surface area contributed by atoms with Crippen molar-refractivity contribution in [3.8, 4) is 5.69 Å². The average molecular weight is 267 g/mol. The molecule has 0 aliphatic heterocycles. The third-order valence-electron chi connectivity index (χ3n) is 2.02. The van der Waals surface area contributed by atoms with Gasteiger partial charge in [-0.2, -0.15) is 0 Å². The molecule has 0 amide bonds. The van der Waals surface area contributed by atoms with Crippen LogP contribution in [0.2, 0.25) is 0 Å². The fourth-order valence-corrected chi connectivity index (χ4v) is 1.71. The zero-order chi connectivity index (χ0) is 10.8. The summed E-state index contributed by atoms with van der Waals surface area (Å²) < 4.78 is 2.41. The standard InChI is InChI=1S/C10H7BrN2O2/c11-8-3-4-9(10(7-8)13(14)15)12-5-1-2-6-12/h1-7H. The van der Waals surface area contributed by atoms with Crippen molar-refractivity contribution in [2.45, 2.75) is 0 Å². The molecule has 0 fully saturated rings. The van der Waals surface area contributed by atoms with Gasteiger partial charge in [0.1, 0.15) is 5.69 Å². The van der Waals surface area contributed by atoms with E-state index in [-0.39, 0.29) is 10.6 Å². The van der Waals surface area contributed by atoms with E-state index in [9.17, 15) is 10.1 Å². The molecule has 0 spiro atoms. The number of nitro groups is 1. The van der Waals surface area contributed by atoms with Crippen LogP contribution in [0.15, 0.2) is 47.2 Å². The first-order valence-corrected chi connectivity index (χ1v) is 5.05. The minimum atomic E-state index is -0.389. The molecule has 0 unspecified atom stereocenters. The Hall–Kier alpha value is -1.62. The van der Waals surface area contributed by atoms with Crippen LogP contribution in [0.25, 0.3) is 5.69 Å². The van der Waals surface area contributed by atoms with Crippen LogP contribution in [0.4, 0.5) is 5.69 Å². The van der Waals surface area contributed by atoms with Crippen LogP contribution in [0.3, 0.4) is 0 Å². The van der Waals surface area contributed by atoms with Crippen LogP contribution in [-0.2, 0) is 0 Å². The highest BCUT2D eigenvalue weighted by Crippen LogP contribution is 2.26. The molecule has 5 heteroatoms. The Morgan fingerprint density at radius 3 is 2.53 bits per heavy atom. The van der Waals surface area contributed by atoms with Crippen molar-refractivity contribution >= 4 is 21.6 Å². The smallest absolute Gasteiger partial charge is 0.294 e. The molecule has 0 atom stereocenters. The number of rotatable bonds is 2. The zero-order valence-electron chi connectivity index (χ0n) is 7.63. The topological polar surface area (TPSA) is 48.1 Å². The van der Waals surface area contributed by atoms with Crippen LogP contribution >= 0.6 is 15.9 Å². The lowest BCUT2D eigenvalue weighted by Gasteiger charge is -2.04. The Kier molecular flexibility index (Phi) is 2.55. The van der Waals surface area contributed by atoms with Crippen molar-refractivity contribution in [1.29, 1.82) is 0 Å². The molecule has 0 radical (unpaired) electrons. The van der Waals surface area contributed by atoms with Crippen molar-refractivity contribution in [2.75, 3.05) is 0 Å². The summed E-state index contributed by atoms with van der Waals surface area (Å²) in [5.74, 6) is 0. The summed E-state index contributed by atoms with van der Waals surface area (Å²) >= 11 is 3.21. The van der Waals surface area contributed by atoms with E-state index in [0.717, 1.165) is 0 Å². The highest BCUT2D eigenvalue weighted by atomic mass is 79.9. The molecule has 1 aromatic carbocycles. The number of hydrogen-bond donors (Lipinski definition) is 0. The van der Waals surface area contributed by atoms with Gasteiger partial charge in [-0.25, -0.2) is 0 Å². The fourth-order valence-electron chi connectivity index (χ4n) is 1.36. The number of benzene rings is 1. The van der Waals surface area contributed by atoms with Gasteiger partial charge in [0, 0.05) is 22.9 Å². The van der Waals surface area contributed by atoms with Crippen LogP contribution < -0.4 is 0 Å². The largest absolute Gasteiger partial charge is 0.318 e. The Labute approximate surface area is 94.4 Å². The first-order chi connectivity index (χ1) is 7.18. The predicted molar refractivity (Wildman–Crippen MR) is 60.1 cm³/mol. The lowest BCUT2D eigenvalue weighted by atomic mass is 10.2. The van der Waals surface area contributed by atoms with Crippen molar-refractivity contribution in [3.05, 3.63) is 57.3 Å². The van der Waals surface area contributed by atoms with Gasteiger partial charge >= 0.3 is 0 Å². The zero-order valence-corrected chi connectivity index (χ0v) is 9.22. The van der Waals surface area contributed by atoms with Gasteiger partial charge in [-0.1, -0.05) is 15.9 Å². The summed E-state index contributed by atoms with van der Waals surface area (Å²) in [6.45, 7) is 0. The Morgan fingerprint density at radius 1 is 1.27 bits per heavy atom. The van der Waals surface area contributed by atoms with Crippen LogP contribution in [0, 0.1) is 10.1 Å². The van der Waals surface area contributed by atoms with Gasteiger partial charge < -0.3 is 4.57 Å². The lowest BCUT2D eigenvalue weighted by Crippen LogP contribution is -1.97. The molecule has 0 saturated carbocycles. The maximum Gasteiger partial charge on any atom is 0.294 e. The van der Waals surface area contributed by atoms with E-state index in [1.165, 1.54) is 6.07 Å². The summed E-state index contributed by atoms with van der Waals surface area (Å²) in [4.78, 5) is 10.5. The molecular formula is C10H7BrN2O2. The molecule has 1 aromatic heterocycles. The first kappa shape index (κ1) is 9.92. The predicted octanol–water partition coefficient (Wildman–Crippen LogP) is 3.15. The minimum absolute atomic E-state index is 0.0839. The molecule has 0 N–H and O–H groups in total. The highest BCUT2D eigenvalue weighted by Gasteiger charge is 2.14. The molecule has 0 aliphatic rings. The molecular weight excluding hydrogens is 260 g/mol. The summed E-state index contributed by atoms with van der Waals surface area (Å²) in [7, 11) is 0. The molecule has 0 saturated heterocycles. The van der Waals surface area contributed by atoms with E-state index >= 15 is 0 Å². The van der Waals surface area contributed by atoms with Crippen LogP contribution in [0.5, 0.6) is 0 Å². The second kappa shape index (κ2) is 3.86. The Morgan fingerprint density at radius 2 is 1.93 bits per heavy atom. The van der Waals surface area contributed by atoms with Crippen molar-refractivity contribution in [3.63, 3.8) is 0 Å². The summed E-state index contributed by atoms with van der Waals surface area (Å²) in [5.41, 5.74) is 0.647. The minimum Gasteiger partial charge on any atom is -0.318 e. The average Bonchev–Trinajstić information content (AvgIpc) is 2.70. The number of halogens is 1. The van der Waals surface area contributed by atoms with Gasteiger partial charge in [-0.05, 0) is 24.3 Å². The van der Waals surface area contributed by atoms with Gasteiger partial charge in [0.25, 0.3) is 5.69 Å². The summed E-state index contributed by atoms with van der Waals surface area (Å²) in [5, 5.41) is 10.8. The fraction of sp³-hybridized carbons (Fsp3) is 0. The molecule has 2 aromatic rings. The van der Waals surface area contributed by atoms with Gasteiger partial charge in [-0.3, -0.25) is 10.1 Å². The lowest BCUT2D eigenvalue weighted by molar-refractivity contribution is -0.384. The third kappa shape index (κ3) is 1.92.